The molecule has 360 valence electrons. The van der Waals surface area contributed by atoms with Gasteiger partial charge in [-0.15, -0.1) is 0 Å². The molecule has 66 heavy (non-hydrogen) atoms. The number of aromatic amines is 1. The Morgan fingerprint density at radius 2 is 1.74 bits per heavy atom. The van der Waals surface area contributed by atoms with Gasteiger partial charge in [0.1, 0.15) is 11.2 Å². The number of nitrogens with zero attached hydrogens (tertiary/aromatic N) is 3. The Balaban J connectivity index is 1.47. The van der Waals surface area contributed by atoms with Gasteiger partial charge in [-0.05, 0) is 94.6 Å². The second-order valence-electron chi connectivity index (χ2n) is 18.9. The zero-order chi connectivity index (χ0) is 47.9. The molecule has 0 radical (unpaired) electrons. The van der Waals surface area contributed by atoms with Crippen LogP contribution in [0.1, 0.15) is 82.2 Å². The van der Waals surface area contributed by atoms with Gasteiger partial charge >= 0.3 is 17.9 Å². The molecule has 5 aliphatic rings. The minimum Gasteiger partial charge on any atom is -0.496 e. The molecule has 3 aromatic rings. The summed E-state index contributed by atoms with van der Waals surface area (Å²) in [6, 6.07) is 6.94. The molecule has 0 amide bonds. The van der Waals surface area contributed by atoms with Crippen molar-refractivity contribution in [2.75, 3.05) is 73.0 Å². The summed E-state index contributed by atoms with van der Waals surface area (Å²) < 4.78 is 83.8. The topological polar surface area (TPSA) is 180 Å². The van der Waals surface area contributed by atoms with E-state index in [4.69, 9.17) is 18.9 Å². The zero-order valence-electron chi connectivity index (χ0n) is 39.3. The van der Waals surface area contributed by atoms with Crippen LogP contribution in [0, 0.1) is 11.3 Å². The van der Waals surface area contributed by atoms with Gasteiger partial charge in [0.2, 0.25) is 21.5 Å². The molecule has 0 bridgehead atoms. The number of rotatable bonds is 10. The number of aromatic nitrogens is 1. The summed E-state index contributed by atoms with van der Waals surface area (Å²) in [7, 11) is 3.13. The van der Waals surface area contributed by atoms with Gasteiger partial charge in [0.25, 0.3) is 0 Å². The average Bonchev–Trinajstić information content (AvgIpc) is 3.94. The second-order valence-corrected chi connectivity index (χ2v) is 20.8. The van der Waals surface area contributed by atoms with Crippen LogP contribution in [-0.2, 0) is 55.9 Å². The number of methoxy groups -OCH3 is 3. The number of benzene rings is 2. The summed E-state index contributed by atoms with van der Waals surface area (Å²) in [6.45, 7) is 8.05. The first kappa shape index (κ1) is 47.9. The van der Waals surface area contributed by atoms with Crippen LogP contribution in [0.15, 0.2) is 47.4 Å². The van der Waals surface area contributed by atoms with Crippen LogP contribution < -0.4 is 14.4 Å². The maximum atomic E-state index is 15.6. The summed E-state index contributed by atoms with van der Waals surface area (Å²) in [5, 5.41) is 13.9. The third-order valence-electron chi connectivity index (χ3n) is 16.0. The lowest BCUT2D eigenvalue weighted by Gasteiger charge is -2.63. The fourth-order valence-electron chi connectivity index (χ4n) is 13.2. The first-order chi connectivity index (χ1) is 31.2. The minimum absolute atomic E-state index is 0.00721. The molecule has 5 heterocycles. The molecule has 1 saturated carbocycles. The van der Waals surface area contributed by atoms with Crippen LogP contribution in [0.5, 0.6) is 5.75 Å². The summed E-state index contributed by atoms with van der Waals surface area (Å²) in [5.74, 6) is -6.18. The molecule has 1 unspecified atom stereocenters. The van der Waals surface area contributed by atoms with Gasteiger partial charge < -0.3 is 38.8 Å². The van der Waals surface area contributed by atoms with Crippen LogP contribution in [-0.4, -0.2) is 144 Å². The highest BCUT2D eigenvalue weighted by Gasteiger charge is 2.80. The van der Waals surface area contributed by atoms with Crippen molar-refractivity contribution in [2.45, 2.75) is 112 Å². The lowest BCUT2D eigenvalue weighted by Crippen LogP contribution is -2.81. The highest BCUT2D eigenvalue weighted by atomic mass is 32.2. The van der Waals surface area contributed by atoms with Gasteiger partial charge in [0.05, 0.1) is 32.3 Å². The highest BCUT2D eigenvalue weighted by molar-refractivity contribution is 7.89. The van der Waals surface area contributed by atoms with Gasteiger partial charge in [0.15, 0.2) is 6.10 Å². The number of halogens is 2. The number of esters is 3. The van der Waals surface area contributed by atoms with Crippen molar-refractivity contribution in [3.63, 3.8) is 0 Å². The van der Waals surface area contributed by atoms with E-state index in [0.29, 0.717) is 78.0 Å². The van der Waals surface area contributed by atoms with E-state index in [-0.39, 0.29) is 42.9 Å². The first-order valence-corrected chi connectivity index (χ1v) is 24.3. The van der Waals surface area contributed by atoms with Gasteiger partial charge in [0, 0.05) is 90.3 Å². The number of H-pyrrole nitrogens is 1. The zero-order valence-corrected chi connectivity index (χ0v) is 40.1. The summed E-state index contributed by atoms with van der Waals surface area (Å²) in [4.78, 5) is 52.5. The summed E-state index contributed by atoms with van der Waals surface area (Å²) in [6.07, 6.45) is 3.86. The third-order valence-corrected chi connectivity index (χ3v) is 17.4. The minimum atomic E-state index is -3.92. The van der Waals surface area contributed by atoms with E-state index in [1.165, 1.54) is 41.4 Å². The van der Waals surface area contributed by atoms with E-state index in [9.17, 15) is 23.1 Å². The highest BCUT2D eigenvalue weighted by Crippen LogP contribution is 2.68. The smallest absolute Gasteiger partial charge is 0.344 e. The normalized spacial score (nSPS) is 31.3. The predicted octanol–water partition coefficient (Wildman–Crippen LogP) is 4.81. The van der Waals surface area contributed by atoms with Crippen LogP contribution in [0.2, 0.25) is 0 Å². The van der Waals surface area contributed by atoms with Crippen molar-refractivity contribution in [3.8, 4) is 5.75 Å². The van der Waals surface area contributed by atoms with Crippen LogP contribution in [0.4, 0.5) is 14.5 Å². The van der Waals surface area contributed by atoms with Crippen LogP contribution in [0.25, 0.3) is 10.9 Å². The molecule has 1 aliphatic carbocycles. The molecule has 3 N–H and O–H groups in total. The Labute approximate surface area is 385 Å². The Hall–Kier alpha value is -4.62. The van der Waals surface area contributed by atoms with Crippen molar-refractivity contribution < 1.29 is 55.6 Å². The molecule has 1 saturated heterocycles. The number of nitrogens with one attached hydrogen (secondary N) is 2. The number of anilines is 1. The molecule has 15 nitrogen and oxygen atoms in total. The number of carbonyl (C=O) groups excluding carboxylic acids is 3. The molecule has 4 aliphatic heterocycles. The van der Waals surface area contributed by atoms with Crippen molar-refractivity contribution in [1.29, 1.82) is 0 Å². The summed E-state index contributed by atoms with van der Waals surface area (Å²) >= 11 is 0. The van der Waals surface area contributed by atoms with Gasteiger partial charge in [-0.3, -0.25) is 14.5 Å². The molecule has 8 rings (SSSR count). The number of likely N-dealkylation sites (N-methyl/N-ethyl adjacent to an activating group) is 2. The molecule has 1 aromatic heterocycles. The van der Waals surface area contributed by atoms with Gasteiger partial charge in [-0.25, -0.2) is 26.7 Å². The van der Waals surface area contributed by atoms with E-state index in [0.717, 1.165) is 6.92 Å². The largest absolute Gasteiger partial charge is 0.496 e. The number of ether oxygens (including phenoxy) is 4. The molecule has 18 heteroatoms. The maximum absolute atomic E-state index is 15.6. The lowest BCUT2D eigenvalue weighted by molar-refractivity contribution is -0.228. The molecule has 8 atom stereocenters. The molecule has 2 fully saturated rings. The van der Waals surface area contributed by atoms with E-state index in [2.05, 4.69) is 14.6 Å². The Bertz CT molecular complexity index is 2580. The SMILES string of the molecule is CCN1CCc2c([nH]c3ccc(S(=O)(=O)NC)cc23)[C@@](C(=O)OC)(c2cc3c(cc2OC)N(C)[C@H]2[C@@](O)(C(=O)OC)[C@H](OC(C)=O)[C@]4(CC)C=CCN5CC[C@]32[C@@H]54)CCCC(C(C)(F)F)C1. The van der Waals surface area contributed by atoms with Crippen molar-refractivity contribution >= 4 is 44.5 Å². The number of alkyl halides is 2. The van der Waals surface area contributed by atoms with E-state index in [1.807, 2.05) is 41.9 Å². The number of fused-ring (bicyclic) bond motifs is 4. The van der Waals surface area contributed by atoms with Gasteiger partial charge in [-0.1, -0.05) is 32.4 Å². The summed E-state index contributed by atoms with van der Waals surface area (Å²) in [5.41, 5.74) is -3.06. The molecule has 1 spiro atoms. The van der Waals surface area contributed by atoms with Crippen LogP contribution >= 0.6 is 0 Å². The number of hydrogen-bond acceptors (Lipinski definition) is 13. The Morgan fingerprint density at radius 1 is 1.02 bits per heavy atom. The number of aliphatic hydroxyl groups is 1. The second kappa shape index (κ2) is 16.9. The number of sulfonamides is 1. The van der Waals surface area contributed by atoms with Crippen molar-refractivity contribution in [1.82, 2.24) is 19.5 Å². The van der Waals surface area contributed by atoms with Gasteiger partial charge in [-0.2, -0.15) is 0 Å². The fraction of sp³-hybridized carbons (Fsp3) is 0.604. The number of carbonyl (C=O) groups is 3. The molecular weight excluding hydrogens is 877 g/mol. The molecular formula is C48H63F2N5O10S. The van der Waals surface area contributed by atoms with Crippen molar-refractivity contribution in [3.05, 3.63) is 64.9 Å². The Morgan fingerprint density at radius 3 is 2.36 bits per heavy atom. The van der Waals surface area contributed by atoms with Crippen molar-refractivity contribution in [2.24, 2.45) is 11.3 Å². The first-order valence-electron chi connectivity index (χ1n) is 22.8. The lowest BCUT2D eigenvalue weighted by atomic mass is 9.47. The standard InChI is InChI=1S/C48H63F2N5O10S/c1-10-45-18-13-21-55-23-20-47(39(45)55)33-25-34(37(62-7)26-36(33)53(6)40(47)48(59,43(58)64-9)41(45)65-28(3)56)46(42(57)63-8)19-12-14-29(44(4,49)50)27-54(11-2)22-17-31-32-24-30(66(60,61)51-5)15-16-35(32)52-38(31)46/h13,15-16,18,24-26,29,39-41,51-52,59H,10-12,14,17,19-23,27H2,1-9H3/t29?,39-,40+,41+,45+,46-,47+,48-/m0/s1. The molecule has 2 aromatic carbocycles. The Kier molecular flexibility index (Phi) is 12.2. The van der Waals surface area contributed by atoms with E-state index in [1.54, 1.807) is 25.2 Å². The quantitative estimate of drug-likeness (QED) is 0.143. The van der Waals surface area contributed by atoms with Crippen LogP contribution in [0.3, 0.4) is 0 Å². The number of hydrogen-bond donors (Lipinski definition) is 3. The van der Waals surface area contributed by atoms with E-state index >= 15 is 13.6 Å². The third kappa shape index (κ3) is 6.73. The monoisotopic (exact) mass is 939 g/mol. The maximum Gasteiger partial charge on any atom is 0.344 e. The predicted molar refractivity (Wildman–Crippen MR) is 242 cm³/mol. The average molecular weight is 940 g/mol. The fourth-order valence-corrected chi connectivity index (χ4v) is 13.9. The van der Waals surface area contributed by atoms with E-state index < -0.39 is 79.8 Å².